The van der Waals surface area contributed by atoms with Gasteiger partial charge in [-0.2, -0.15) is 0 Å². The monoisotopic (exact) mass is 282 g/mol. The van der Waals surface area contributed by atoms with Crippen molar-refractivity contribution in [2.75, 3.05) is 19.7 Å². The number of nitrogens with zero attached hydrogens (tertiary/aromatic N) is 1. The van der Waals surface area contributed by atoms with Gasteiger partial charge < -0.3 is 10.1 Å². The number of nitrogens with one attached hydrogen (secondary N) is 1. The summed E-state index contributed by atoms with van der Waals surface area (Å²) in [7, 11) is 0. The first kappa shape index (κ1) is 14.6. The number of carbonyl (C=O) groups excluding carboxylic acids is 1. The fourth-order valence-electron chi connectivity index (χ4n) is 1.98. The molecular formula is C14H22N2O2S. The molecule has 106 valence electrons. The molecule has 0 aromatic carbocycles. The van der Waals surface area contributed by atoms with Crippen LogP contribution in [0.15, 0.2) is 5.38 Å². The molecule has 1 saturated heterocycles. The van der Waals surface area contributed by atoms with E-state index in [1.165, 1.54) is 0 Å². The van der Waals surface area contributed by atoms with Crippen LogP contribution in [0.25, 0.3) is 0 Å². The maximum Gasteiger partial charge on any atom is 0.142 e. The number of morpholine rings is 1. The molecule has 1 aromatic rings. The van der Waals surface area contributed by atoms with E-state index in [0.717, 1.165) is 23.8 Å². The fourth-order valence-corrected chi connectivity index (χ4v) is 3.03. The van der Waals surface area contributed by atoms with Crippen molar-refractivity contribution in [1.82, 2.24) is 10.3 Å². The lowest BCUT2D eigenvalue weighted by molar-refractivity contribution is -0.121. The van der Waals surface area contributed by atoms with E-state index in [0.29, 0.717) is 19.4 Å². The van der Waals surface area contributed by atoms with Crippen molar-refractivity contribution in [1.29, 1.82) is 0 Å². The van der Waals surface area contributed by atoms with Crippen LogP contribution in [0.4, 0.5) is 0 Å². The van der Waals surface area contributed by atoms with Crippen LogP contribution >= 0.6 is 11.3 Å². The van der Waals surface area contributed by atoms with Gasteiger partial charge in [-0.05, 0) is 0 Å². The maximum atomic E-state index is 12.0. The van der Waals surface area contributed by atoms with E-state index < -0.39 is 0 Å². The van der Waals surface area contributed by atoms with Crippen molar-refractivity contribution in [2.24, 2.45) is 0 Å². The zero-order valence-corrected chi connectivity index (χ0v) is 12.7. The predicted molar refractivity (Wildman–Crippen MR) is 76.8 cm³/mol. The van der Waals surface area contributed by atoms with E-state index in [1.807, 2.05) is 0 Å². The van der Waals surface area contributed by atoms with Gasteiger partial charge in [0, 0.05) is 30.3 Å². The average Bonchev–Trinajstić information content (AvgIpc) is 2.78. The highest BCUT2D eigenvalue weighted by molar-refractivity contribution is 7.09. The number of thiazole rings is 1. The number of rotatable bonds is 4. The first-order chi connectivity index (χ1) is 8.95. The van der Waals surface area contributed by atoms with E-state index >= 15 is 0 Å². The van der Waals surface area contributed by atoms with Crippen LogP contribution in [-0.4, -0.2) is 36.6 Å². The number of hydrogen-bond donors (Lipinski definition) is 1. The summed E-state index contributed by atoms with van der Waals surface area (Å²) in [6.45, 7) is 8.76. The van der Waals surface area contributed by atoms with E-state index in [2.05, 4.69) is 36.5 Å². The number of hydrogen-bond acceptors (Lipinski definition) is 5. The summed E-state index contributed by atoms with van der Waals surface area (Å²) in [4.78, 5) is 16.6. The summed E-state index contributed by atoms with van der Waals surface area (Å²) in [6, 6.07) is 0. The zero-order chi connectivity index (χ0) is 13.9. The highest BCUT2D eigenvalue weighted by Gasteiger charge is 2.20. The molecule has 1 N–H and O–H groups in total. The molecule has 0 spiro atoms. The third-order valence-electron chi connectivity index (χ3n) is 3.13. The molecule has 2 rings (SSSR count). The van der Waals surface area contributed by atoms with Crippen molar-refractivity contribution in [2.45, 2.75) is 45.1 Å². The van der Waals surface area contributed by atoms with Gasteiger partial charge in [0.05, 0.1) is 24.8 Å². The molecule has 0 amide bonds. The average molecular weight is 282 g/mol. The van der Waals surface area contributed by atoms with Gasteiger partial charge in [-0.25, -0.2) is 4.98 Å². The molecule has 0 aliphatic carbocycles. The third-order valence-corrected chi connectivity index (χ3v) is 3.98. The van der Waals surface area contributed by atoms with Crippen LogP contribution in [0.3, 0.4) is 0 Å². The van der Waals surface area contributed by atoms with Gasteiger partial charge in [0.25, 0.3) is 0 Å². The molecule has 1 fully saturated rings. The lowest BCUT2D eigenvalue weighted by Crippen LogP contribution is -2.39. The summed E-state index contributed by atoms with van der Waals surface area (Å²) >= 11 is 1.58. The predicted octanol–water partition coefficient (Wildman–Crippen LogP) is 1.93. The molecule has 1 aromatic heterocycles. The quantitative estimate of drug-likeness (QED) is 0.917. The van der Waals surface area contributed by atoms with Gasteiger partial charge in [0.2, 0.25) is 0 Å². The fraction of sp³-hybridized carbons (Fsp3) is 0.714. The van der Waals surface area contributed by atoms with Crippen LogP contribution in [-0.2, 0) is 21.4 Å². The van der Waals surface area contributed by atoms with Gasteiger partial charge in [-0.3, -0.25) is 4.79 Å². The first-order valence-corrected chi connectivity index (χ1v) is 7.62. The SMILES string of the molecule is CC(C)(C)c1csc(CC(=O)CC2CNCCO2)n1. The molecule has 4 nitrogen and oxygen atoms in total. The van der Waals surface area contributed by atoms with Crippen LogP contribution in [0, 0.1) is 0 Å². The van der Waals surface area contributed by atoms with Crippen molar-refractivity contribution in [3.05, 3.63) is 16.1 Å². The standard InChI is InChI=1S/C14H22N2O2S/c1-14(2,3)12-9-19-13(16-12)7-10(17)6-11-8-15-4-5-18-11/h9,11,15H,4-8H2,1-3H3. The summed E-state index contributed by atoms with van der Waals surface area (Å²) in [5, 5.41) is 6.21. The highest BCUT2D eigenvalue weighted by Crippen LogP contribution is 2.24. The summed E-state index contributed by atoms with van der Waals surface area (Å²) in [5.74, 6) is 0.212. The van der Waals surface area contributed by atoms with Gasteiger partial charge in [0.15, 0.2) is 0 Å². The second-order valence-electron chi connectivity index (χ2n) is 5.99. The van der Waals surface area contributed by atoms with Crippen LogP contribution in [0.1, 0.15) is 37.9 Å². The Bertz CT molecular complexity index is 431. The number of Topliss-reactive ketones (excluding diaryl/α,β-unsaturated/α-hetero) is 1. The third kappa shape index (κ3) is 4.37. The van der Waals surface area contributed by atoms with E-state index in [-0.39, 0.29) is 17.3 Å². The van der Waals surface area contributed by atoms with E-state index in [4.69, 9.17) is 4.74 Å². The van der Waals surface area contributed by atoms with Gasteiger partial charge in [0.1, 0.15) is 10.8 Å². The molecule has 1 aliphatic heterocycles. The van der Waals surface area contributed by atoms with Crippen molar-refractivity contribution < 1.29 is 9.53 Å². The van der Waals surface area contributed by atoms with Crippen molar-refractivity contribution in [3.63, 3.8) is 0 Å². The van der Waals surface area contributed by atoms with Crippen LogP contribution < -0.4 is 5.32 Å². The Morgan fingerprint density at radius 1 is 1.58 bits per heavy atom. The second-order valence-corrected chi connectivity index (χ2v) is 6.94. The van der Waals surface area contributed by atoms with E-state index in [9.17, 15) is 4.79 Å². The maximum absolute atomic E-state index is 12.0. The Morgan fingerprint density at radius 2 is 2.37 bits per heavy atom. The molecule has 1 aliphatic rings. The topological polar surface area (TPSA) is 51.2 Å². The number of ether oxygens (including phenoxy) is 1. The van der Waals surface area contributed by atoms with Gasteiger partial charge >= 0.3 is 0 Å². The molecule has 5 heteroatoms. The highest BCUT2D eigenvalue weighted by atomic mass is 32.1. The Balaban J connectivity index is 1.86. The van der Waals surface area contributed by atoms with Gasteiger partial charge in [-0.15, -0.1) is 11.3 Å². The molecule has 2 heterocycles. The van der Waals surface area contributed by atoms with Crippen LogP contribution in [0.2, 0.25) is 0 Å². The summed E-state index contributed by atoms with van der Waals surface area (Å²) in [6.07, 6.45) is 0.946. The minimum atomic E-state index is 0.0308. The smallest absolute Gasteiger partial charge is 0.142 e. The molecular weight excluding hydrogens is 260 g/mol. The Kier molecular flexibility index (Phi) is 4.71. The van der Waals surface area contributed by atoms with Crippen molar-refractivity contribution >= 4 is 17.1 Å². The largest absolute Gasteiger partial charge is 0.375 e. The molecule has 1 unspecified atom stereocenters. The van der Waals surface area contributed by atoms with Gasteiger partial charge in [-0.1, -0.05) is 20.8 Å². The van der Waals surface area contributed by atoms with E-state index in [1.54, 1.807) is 11.3 Å². The molecule has 1 atom stereocenters. The zero-order valence-electron chi connectivity index (χ0n) is 11.9. The summed E-state index contributed by atoms with van der Waals surface area (Å²) < 4.78 is 5.55. The molecule has 0 saturated carbocycles. The lowest BCUT2D eigenvalue weighted by Gasteiger charge is -2.22. The molecule has 0 bridgehead atoms. The molecule has 19 heavy (non-hydrogen) atoms. The minimum absolute atomic E-state index is 0.0308. The number of ketones is 1. The summed E-state index contributed by atoms with van der Waals surface area (Å²) in [5.41, 5.74) is 1.12. The number of aromatic nitrogens is 1. The lowest BCUT2D eigenvalue weighted by atomic mass is 9.93. The second kappa shape index (κ2) is 6.11. The minimum Gasteiger partial charge on any atom is -0.375 e. The van der Waals surface area contributed by atoms with Crippen LogP contribution in [0.5, 0.6) is 0 Å². The molecule has 0 radical (unpaired) electrons. The Morgan fingerprint density at radius 3 is 2.95 bits per heavy atom. The van der Waals surface area contributed by atoms with Crippen molar-refractivity contribution in [3.8, 4) is 0 Å². The Hall–Kier alpha value is -0.780. The normalized spacial score (nSPS) is 20.5. The number of carbonyl (C=O) groups is 1. The Labute approximate surface area is 118 Å². The first-order valence-electron chi connectivity index (χ1n) is 6.74.